The van der Waals surface area contributed by atoms with E-state index >= 15 is 0 Å². The summed E-state index contributed by atoms with van der Waals surface area (Å²) in [4.78, 5) is 4.71. The van der Waals surface area contributed by atoms with Gasteiger partial charge in [-0.05, 0) is 56.4 Å². The summed E-state index contributed by atoms with van der Waals surface area (Å²) in [5, 5.41) is 0. The average molecular weight is 269 g/mol. The molecule has 3 heteroatoms. The van der Waals surface area contributed by atoms with E-state index in [1.165, 1.54) is 33.5 Å². The van der Waals surface area contributed by atoms with E-state index in [1.54, 1.807) is 0 Å². The van der Waals surface area contributed by atoms with Gasteiger partial charge in [-0.1, -0.05) is 6.07 Å². The Bertz CT molecular complexity index is 641. The summed E-state index contributed by atoms with van der Waals surface area (Å²) in [7, 11) is 0. The minimum atomic E-state index is 0.268. The second-order valence-corrected chi connectivity index (χ2v) is 6.12. The molecule has 20 heavy (non-hydrogen) atoms. The number of benzene rings is 1. The second-order valence-electron chi connectivity index (χ2n) is 6.12. The minimum Gasteiger partial charge on any atom is -0.334 e. The molecule has 3 nitrogen and oxygen atoms in total. The van der Waals surface area contributed by atoms with Crippen molar-refractivity contribution in [2.75, 3.05) is 0 Å². The summed E-state index contributed by atoms with van der Waals surface area (Å²) in [5.74, 6) is 0. The number of nitrogens with two attached hydrogens (primary N) is 1. The van der Waals surface area contributed by atoms with Gasteiger partial charge in [0.2, 0.25) is 0 Å². The van der Waals surface area contributed by atoms with Crippen LogP contribution in [0.15, 0.2) is 12.4 Å². The van der Waals surface area contributed by atoms with Crippen molar-refractivity contribution in [1.82, 2.24) is 9.55 Å². The molecule has 0 radical (unpaired) electrons. The number of nitrogens with zero attached hydrogens (tertiary/aromatic N) is 2. The normalized spacial score (nSPS) is 18.1. The van der Waals surface area contributed by atoms with Crippen LogP contribution in [-0.4, -0.2) is 15.6 Å². The number of hydrogen-bond acceptors (Lipinski definition) is 2. The number of fused-ring (bicyclic) bond motifs is 1. The smallest absolute Gasteiger partial charge is 0.0956 e. The van der Waals surface area contributed by atoms with Gasteiger partial charge in [-0.3, -0.25) is 0 Å². The number of aromatic nitrogens is 2. The lowest BCUT2D eigenvalue weighted by Crippen LogP contribution is -2.30. The first-order chi connectivity index (χ1) is 9.49. The molecule has 2 heterocycles. The standard InChI is InChI=1S/C17H23N3/c1-10-7-11(2)13(4)16(12(10)3)17-15-8-14(18)5-6-20(15)9-19-17/h7,9,14H,5-6,8,18H2,1-4H3. The van der Waals surface area contributed by atoms with E-state index in [2.05, 4.69) is 38.3 Å². The Balaban J connectivity index is 2.23. The molecule has 2 N–H and O–H groups in total. The molecule has 1 unspecified atom stereocenters. The van der Waals surface area contributed by atoms with Crippen LogP contribution in [0.1, 0.15) is 34.4 Å². The van der Waals surface area contributed by atoms with Crippen LogP contribution in [-0.2, 0) is 13.0 Å². The first-order valence-electron chi connectivity index (χ1n) is 7.36. The lowest BCUT2D eigenvalue weighted by Gasteiger charge is -2.22. The van der Waals surface area contributed by atoms with Gasteiger partial charge >= 0.3 is 0 Å². The van der Waals surface area contributed by atoms with E-state index in [4.69, 9.17) is 10.7 Å². The van der Waals surface area contributed by atoms with Crippen LogP contribution in [0, 0.1) is 27.7 Å². The highest BCUT2D eigenvalue weighted by Crippen LogP contribution is 2.34. The molecule has 1 aromatic carbocycles. The molecule has 1 atom stereocenters. The summed E-state index contributed by atoms with van der Waals surface area (Å²) < 4.78 is 2.27. The molecular formula is C17H23N3. The maximum Gasteiger partial charge on any atom is 0.0956 e. The quantitative estimate of drug-likeness (QED) is 0.864. The van der Waals surface area contributed by atoms with Crippen molar-refractivity contribution in [2.24, 2.45) is 5.73 Å². The maximum absolute atomic E-state index is 6.15. The molecule has 0 saturated carbocycles. The molecule has 0 aliphatic carbocycles. The van der Waals surface area contributed by atoms with Gasteiger partial charge in [0.15, 0.2) is 0 Å². The fourth-order valence-electron chi connectivity index (χ4n) is 3.25. The van der Waals surface area contributed by atoms with Crippen molar-refractivity contribution < 1.29 is 0 Å². The third-order valence-corrected chi connectivity index (χ3v) is 4.75. The lowest BCUT2D eigenvalue weighted by molar-refractivity contribution is 0.472. The van der Waals surface area contributed by atoms with E-state index in [-0.39, 0.29) is 6.04 Å². The van der Waals surface area contributed by atoms with Crippen molar-refractivity contribution in [1.29, 1.82) is 0 Å². The Morgan fingerprint density at radius 2 is 1.80 bits per heavy atom. The van der Waals surface area contributed by atoms with Crippen LogP contribution in [0.25, 0.3) is 11.3 Å². The molecule has 2 aromatic rings. The molecule has 0 fully saturated rings. The molecule has 0 spiro atoms. The van der Waals surface area contributed by atoms with Gasteiger partial charge in [0, 0.05) is 30.3 Å². The van der Waals surface area contributed by atoms with Crippen LogP contribution in [0.3, 0.4) is 0 Å². The van der Waals surface area contributed by atoms with Crippen LogP contribution >= 0.6 is 0 Å². The molecule has 1 aliphatic heterocycles. The van der Waals surface area contributed by atoms with E-state index < -0.39 is 0 Å². The average Bonchev–Trinajstić information content (AvgIpc) is 2.80. The van der Waals surface area contributed by atoms with Gasteiger partial charge in [0.1, 0.15) is 0 Å². The highest BCUT2D eigenvalue weighted by Gasteiger charge is 2.23. The highest BCUT2D eigenvalue weighted by atomic mass is 15.1. The molecule has 3 rings (SSSR count). The van der Waals surface area contributed by atoms with Crippen molar-refractivity contribution in [3.63, 3.8) is 0 Å². The largest absolute Gasteiger partial charge is 0.334 e. The van der Waals surface area contributed by atoms with Crippen molar-refractivity contribution in [3.8, 4) is 11.3 Å². The van der Waals surface area contributed by atoms with Crippen LogP contribution in [0.5, 0.6) is 0 Å². The number of aryl methyl sites for hydroxylation is 3. The fourth-order valence-corrected chi connectivity index (χ4v) is 3.25. The monoisotopic (exact) mass is 269 g/mol. The number of imidazole rings is 1. The third kappa shape index (κ3) is 1.97. The van der Waals surface area contributed by atoms with E-state index in [0.29, 0.717) is 0 Å². The number of hydrogen-bond donors (Lipinski definition) is 1. The number of rotatable bonds is 1. The first-order valence-corrected chi connectivity index (χ1v) is 7.36. The Labute approximate surface area is 120 Å². The molecule has 1 aromatic heterocycles. The van der Waals surface area contributed by atoms with Crippen molar-refractivity contribution in [3.05, 3.63) is 40.3 Å². The minimum absolute atomic E-state index is 0.268. The van der Waals surface area contributed by atoms with E-state index in [1.807, 2.05) is 6.33 Å². The molecule has 1 aliphatic rings. The predicted molar refractivity (Wildman–Crippen MR) is 82.9 cm³/mol. The molecule has 0 bridgehead atoms. The Morgan fingerprint density at radius 3 is 2.45 bits per heavy atom. The summed E-state index contributed by atoms with van der Waals surface area (Å²) in [6.45, 7) is 9.75. The zero-order chi connectivity index (χ0) is 14.4. The molecular weight excluding hydrogens is 246 g/mol. The fraction of sp³-hybridized carbons (Fsp3) is 0.471. The zero-order valence-electron chi connectivity index (χ0n) is 12.8. The first kappa shape index (κ1) is 13.4. The maximum atomic E-state index is 6.15. The predicted octanol–water partition coefficient (Wildman–Crippen LogP) is 3.06. The van der Waals surface area contributed by atoms with Crippen LogP contribution in [0.4, 0.5) is 0 Å². The van der Waals surface area contributed by atoms with Gasteiger partial charge in [0.25, 0.3) is 0 Å². The Morgan fingerprint density at radius 1 is 1.15 bits per heavy atom. The van der Waals surface area contributed by atoms with Crippen LogP contribution in [0.2, 0.25) is 0 Å². The second kappa shape index (κ2) is 4.74. The molecule has 0 amide bonds. The Kier molecular flexibility index (Phi) is 3.17. The summed E-state index contributed by atoms with van der Waals surface area (Å²) in [6, 6.07) is 2.53. The van der Waals surface area contributed by atoms with E-state index in [0.717, 1.165) is 25.1 Å². The van der Waals surface area contributed by atoms with Gasteiger partial charge in [-0.15, -0.1) is 0 Å². The van der Waals surface area contributed by atoms with Crippen molar-refractivity contribution >= 4 is 0 Å². The van der Waals surface area contributed by atoms with E-state index in [9.17, 15) is 0 Å². The zero-order valence-corrected chi connectivity index (χ0v) is 12.8. The summed E-state index contributed by atoms with van der Waals surface area (Å²) in [6.07, 6.45) is 3.96. The lowest BCUT2D eigenvalue weighted by atomic mass is 9.90. The Hall–Kier alpha value is -1.61. The van der Waals surface area contributed by atoms with Gasteiger partial charge in [0.05, 0.1) is 12.0 Å². The summed E-state index contributed by atoms with van der Waals surface area (Å²) in [5.41, 5.74) is 15.3. The van der Waals surface area contributed by atoms with Crippen molar-refractivity contribution in [2.45, 2.75) is 53.1 Å². The van der Waals surface area contributed by atoms with Gasteiger partial charge in [-0.25, -0.2) is 4.98 Å². The highest BCUT2D eigenvalue weighted by molar-refractivity contribution is 5.72. The molecule has 106 valence electrons. The topological polar surface area (TPSA) is 43.8 Å². The SMILES string of the molecule is Cc1cc(C)c(C)c(-c2ncn3c2CC(N)CC3)c1C. The molecule has 0 saturated heterocycles. The van der Waals surface area contributed by atoms with Gasteiger partial charge < -0.3 is 10.3 Å². The summed E-state index contributed by atoms with van der Waals surface area (Å²) >= 11 is 0. The van der Waals surface area contributed by atoms with Crippen LogP contribution < -0.4 is 5.73 Å². The third-order valence-electron chi connectivity index (χ3n) is 4.75. The van der Waals surface area contributed by atoms with Gasteiger partial charge in [-0.2, -0.15) is 0 Å².